The van der Waals surface area contributed by atoms with Gasteiger partial charge in [-0.3, -0.25) is 0 Å². The molecule has 0 amide bonds. The number of hydrogen-bond acceptors (Lipinski definition) is 5. The van der Waals surface area contributed by atoms with Gasteiger partial charge < -0.3 is 10.6 Å². The monoisotopic (exact) mass is 275 g/mol. The van der Waals surface area contributed by atoms with Crippen LogP contribution in [-0.4, -0.2) is 21.2 Å². The van der Waals surface area contributed by atoms with E-state index < -0.39 is 0 Å². The van der Waals surface area contributed by atoms with E-state index in [1.54, 1.807) is 6.20 Å². The van der Waals surface area contributed by atoms with Gasteiger partial charge in [-0.25, -0.2) is 0 Å². The third-order valence-corrected chi connectivity index (χ3v) is 3.16. The Balaban J connectivity index is 1.78. The first-order chi connectivity index (χ1) is 9.20. The number of hydrogen-bond donors (Lipinski definition) is 2. The molecule has 1 aliphatic rings. The van der Waals surface area contributed by atoms with Crippen LogP contribution in [0.3, 0.4) is 0 Å². The van der Waals surface area contributed by atoms with E-state index in [9.17, 15) is 0 Å². The highest BCUT2D eigenvalue weighted by Crippen LogP contribution is 2.25. The fraction of sp³-hybridized carbons (Fsp3) is 0.308. The van der Waals surface area contributed by atoms with E-state index in [4.69, 9.17) is 11.6 Å². The maximum Gasteiger partial charge on any atom is 0.249 e. The van der Waals surface area contributed by atoms with Crippen molar-refractivity contribution >= 4 is 29.1 Å². The van der Waals surface area contributed by atoms with Gasteiger partial charge in [-0.05, 0) is 43.5 Å². The summed E-state index contributed by atoms with van der Waals surface area (Å²) in [6, 6.07) is 6.17. The van der Waals surface area contributed by atoms with Crippen LogP contribution < -0.4 is 10.6 Å². The standard InChI is InChI=1S/C13H14ClN5/c1-8-6-9(14)2-5-11(8)17-13-18-12(7-15-19-13)16-10-3-4-10/h2,5-7,10H,3-4H2,1H3,(H2,16,17,18,19). The van der Waals surface area contributed by atoms with E-state index in [0.29, 0.717) is 17.0 Å². The van der Waals surface area contributed by atoms with Crippen molar-refractivity contribution in [2.24, 2.45) is 0 Å². The quantitative estimate of drug-likeness (QED) is 0.897. The molecule has 1 heterocycles. The lowest BCUT2D eigenvalue weighted by Crippen LogP contribution is -2.07. The molecule has 0 saturated heterocycles. The van der Waals surface area contributed by atoms with Crippen molar-refractivity contribution in [3.05, 3.63) is 35.0 Å². The summed E-state index contributed by atoms with van der Waals surface area (Å²) in [7, 11) is 0. The number of halogens is 1. The van der Waals surface area contributed by atoms with Gasteiger partial charge in [0.05, 0.1) is 6.20 Å². The van der Waals surface area contributed by atoms with Gasteiger partial charge in [-0.2, -0.15) is 10.1 Å². The molecule has 98 valence electrons. The molecule has 2 N–H and O–H groups in total. The molecule has 3 rings (SSSR count). The SMILES string of the molecule is Cc1cc(Cl)ccc1Nc1nncc(NC2CC2)n1. The molecule has 1 saturated carbocycles. The van der Waals surface area contributed by atoms with Crippen molar-refractivity contribution in [1.82, 2.24) is 15.2 Å². The van der Waals surface area contributed by atoms with Crippen LogP contribution >= 0.6 is 11.6 Å². The van der Waals surface area contributed by atoms with E-state index in [2.05, 4.69) is 25.8 Å². The van der Waals surface area contributed by atoms with Crippen LogP contribution in [0.5, 0.6) is 0 Å². The molecule has 0 radical (unpaired) electrons. The molecular formula is C13H14ClN5. The minimum absolute atomic E-state index is 0.482. The zero-order chi connectivity index (χ0) is 13.2. The van der Waals surface area contributed by atoms with Gasteiger partial charge >= 0.3 is 0 Å². The first-order valence-corrected chi connectivity index (χ1v) is 6.58. The molecule has 1 aliphatic carbocycles. The first kappa shape index (κ1) is 12.2. The molecule has 0 atom stereocenters. The fourth-order valence-corrected chi connectivity index (χ4v) is 1.98. The zero-order valence-electron chi connectivity index (χ0n) is 10.5. The van der Waals surface area contributed by atoms with Crippen LogP contribution in [0.15, 0.2) is 24.4 Å². The van der Waals surface area contributed by atoms with Crippen LogP contribution in [-0.2, 0) is 0 Å². The summed E-state index contributed by atoms with van der Waals surface area (Å²) in [5, 5.41) is 15.1. The second-order valence-electron chi connectivity index (χ2n) is 4.67. The molecule has 5 nitrogen and oxygen atoms in total. The number of aromatic nitrogens is 3. The highest BCUT2D eigenvalue weighted by atomic mass is 35.5. The summed E-state index contributed by atoms with van der Waals surface area (Å²) in [5.41, 5.74) is 1.96. The van der Waals surface area contributed by atoms with Gasteiger partial charge in [0.1, 0.15) is 0 Å². The largest absolute Gasteiger partial charge is 0.366 e. The Morgan fingerprint density at radius 1 is 1.32 bits per heavy atom. The van der Waals surface area contributed by atoms with E-state index in [1.807, 2.05) is 25.1 Å². The van der Waals surface area contributed by atoms with E-state index in [1.165, 1.54) is 12.8 Å². The highest BCUT2D eigenvalue weighted by molar-refractivity contribution is 6.30. The number of nitrogens with zero attached hydrogens (tertiary/aromatic N) is 3. The number of nitrogens with one attached hydrogen (secondary N) is 2. The summed E-state index contributed by atoms with van der Waals surface area (Å²) in [6.45, 7) is 1.98. The fourth-order valence-electron chi connectivity index (χ4n) is 1.75. The Morgan fingerprint density at radius 3 is 2.89 bits per heavy atom. The van der Waals surface area contributed by atoms with Crippen LogP contribution in [0.4, 0.5) is 17.5 Å². The Hall–Kier alpha value is -1.88. The topological polar surface area (TPSA) is 62.7 Å². The normalized spacial score (nSPS) is 14.2. The molecular weight excluding hydrogens is 262 g/mol. The summed E-state index contributed by atoms with van der Waals surface area (Å²) in [6.07, 6.45) is 4.03. The van der Waals surface area contributed by atoms with Crippen molar-refractivity contribution in [2.75, 3.05) is 10.6 Å². The summed E-state index contributed by atoms with van der Waals surface area (Å²) in [5.74, 6) is 1.24. The lowest BCUT2D eigenvalue weighted by Gasteiger charge is -2.09. The van der Waals surface area contributed by atoms with E-state index in [-0.39, 0.29) is 0 Å². The molecule has 1 aromatic carbocycles. The van der Waals surface area contributed by atoms with E-state index in [0.717, 1.165) is 17.1 Å². The molecule has 0 bridgehead atoms. The maximum absolute atomic E-state index is 5.93. The average molecular weight is 276 g/mol. The van der Waals surface area contributed by atoms with Gasteiger partial charge in [-0.1, -0.05) is 11.6 Å². The third-order valence-electron chi connectivity index (χ3n) is 2.92. The summed E-state index contributed by atoms with van der Waals surface area (Å²) in [4.78, 5) is 4.38. The average Bonchev–Trinajstić information content (AvgIpc) is 3.17. The summed E-state index contributed by atoms with van der Waals surface area (Å²) < 4.78 is 0. The minimum Gasteiger partial charge on any atom is -0.366 e. The molecule has 1 fully saturated rings. The molecule has 19 heavy (non-hydrogen) atoms. The maximum atomic E-state index is 5.93. The Morgan fingerprint density at radius 2 is 2.16 bits per heavy atom. The van der Waals surface area contributed by atoms with Crippen molar-refractivity contribution in [1.29, 1.82) is 0 Å². The Bertz CT molecular complexity index is 597. The Kier molecular flexibility index (Phi) is 3.21. The lowest BCUT2D eigenvalue weighted by molar-refractivity contribution is 0.964. The van der Waals surface area contributed by atoms with E-state index >= 15 is 0 Å². The van der Waals surface area contributed by atoms with Crippen molar-refractivity contribution in [2.45, 2.75) is 25.8 Å². The summed E-state index contributed by atoms with van der Waals surface area (Å²) >= 11 is 5.93. The Labute approximate surface area is 116 Å². The highest BCUT2D eigenvalue weighted by Gasteiger charge is 2.21. The van der Waals surface area contributed by atoms with Gasteiger partial charge in [-0.15, -0.1) is 5.10 Å². The van der Waals surface area contributed by atoms with Gasteiger partial charge in [0.2, 0.25) is 5.95 Å². The second kappa shape index (κ2) is 5.01. The number of benzene rings is 1. The molecule has 0 unspecified atom stereocenters. The predicted octanol–water partition coefficient (Wildman–Crippen LogP) is 3.15. The van der Waals surface area contributed by atoms with Crippen LogP contribution in [0.25, 0.3) is 0 Å². The van der Waals surface area contributed by atoms with Gasteiger partial charge in [0.25, 0.3) is 0 Å². The second-order valence-corrected chi connectivity index (χ2v) is 5.10. The zero-order valence-corrected chi connectivity index (χ0v) is 11.3. The number of aryl methyl sites for hydroxylation is 1. The molecule has 0 aliphatic heterocycles. The molecule has 0 spiro atoms. The third kappa shape index (κ3) is 3.12. The molecule has 1 aromatic heterocycles. The minimum atomic E-state index is 0.482. The predicted molar refractivity (Wildman–Crippen MR) is 75.9 cm³/mol. The lowest BCUT2D eigenvalue weighted by atomic mass is 10.2. The molecule has 2 aromatic rings. The van der Waals surface area contributed by atoms with Crippen molar-refractivity contribution in [3.8, 4) is 0 Å². The van der Waals surface area contributed by atoms with Crippen molar-refractivity contribution in [3.63, 3.8) is 0 Å². The van der Waals surface area contributed by atoms with Gasteiger partial charge in [0.15, 0.2) is 5.82 Å². The number of anilines is 3. The number of rotatable bonds is 4. The van der Waals surface area contributed by atoms with Crippen LogP contribution in [0.1, 0.15) is 18.4 Å². The first-order valence-electron chi connectivity index (χ1n) is 6.20. The van der Waals surface area contributed by atoms with Crippen molar-refractivity contribution < 1.29 is 0 Å². The van der Waals surface area contributed by atoms with Crippen LogP contribution in [0.2, 0.25) is 5.02 Å². The van der Waals surface area contributed by atoms with Gasteiger partial charge in [0, 0.05) is 16.8 Å². The van der Waals surface area contributed by atoms with Crippen LogP contribution in [0, 0.1) is 6.92 Å². The molecule has 6 heteroatoms. The smallest absolute Gasteiger partial charge is 0.249 e.